The van der Waals surface area contributed by atoms with Crippen molar-refractivity contribution in [3.8, 4) is 17.1 Å². The van der Waals surface area contributed by atoms with E-state index in [9.17, 15) is 4.79 Å². The second kappa shape index (κ2) is 6.48. The number of ketones is 1. The Morgan fingerprint density at radius 1 is 1.13 bits per heavy atom. The first-order chi connectivity index (χ1) is 11.0. The van der Waals surface area contributed by atoms with Crippen LogP contribution >= 0.6 is 39.1 Å². The molecule has 0 amide bonds. The topological polar surface area (TPSA) is 34.9 Å². The van der Waals surface area contributed by atoms with Crippen LogP contribution in [0.25, 0.3) is 17.1 Å². The molecule has 0 unspecified atom stereocenters. The van der Waals surface area contributed by atoms with Gasteiger partial charge < -0.3 is 0 Å². The van der Waals surface area contributed by atoms with E-state index in [1.54, 1.807) is 22.9 Å². The van der Waals surface area contributed by atoms with Gasteiger partial charge in [-0.25, -0.2) is 4.98 Å². The average molecular weight is 410 g/mol. The van der Waals surface area contributed by atoms with Gasteiger partial charge in [-0.1, -0.05) is 51.3 Å². The molecule has 3 aromatic rings. The van der Waals surface area contributed by atoms with Crippen molar-refractivity contribution in [1.29, 1.82) is 0 Å². The van der Waals surface area contributed by atoms with Crippen molar-refractivity contribution < 1.29 is 4.79 Å². The van der Waals surface area contributed by atoms with Gasteiger partial charge in [-0.15, -0.1) is 0 Å². The molecule has 116 valence electrons. The number of carbonyl (C=O) groups excluding carboxylic acids is 1. The van der Waals surface area contributed by atoms with E-state index in [0.29, 0.717) is 21.6 Å². The first kappa shape index (κ1) is 16.2. The third-order valence-corrected chi connectivity index (χ3v) is 4.48. The van der Waals surface area contributed by atoms with Crippen LogP contribution in [0, 0.1) is 0 Å². The molecule has 0 N–H and O–H groups in total. The molecule has 3 rings (SSSR count). The Morgan fingerprint density at radius 3 is 2.52 bits per heavy atom. The Labute approximate surface area is 152 Å². The van der Waals surface area contributed by atoms with E-state index in [1.807, 2.05) is 30.3 Å². The van der Waals surface area contributed by atoms with Gasteiger partial charge in [0.25, 0.3) is 0 Å². The molecule has 0 spiro atoms. The lowest BCUT2D eigenvalue weighted by atomic mass is 10.2. The van der Waals surface area contributed by atoms with Gasteiger partial charge in [0.2, 0.25) is 0 Å². The molecule has 0 fully saturated rings. The minimum absolute atomic E-state index is 0.120. The van der Waals surface area contributed by atoms with Crippen LogP contribution in [0.15, 0.2) is 53.1 Å². The lowest BCUT2D eigenvalue weighted by Gasteiger charge is -2.11. The van der Waals surface area contributed by atoms with Gasteiger partial charge in [-0.05, 0) is 30.3 Å². The summed E-state index contributed by atoms with van der Waals surface area (Å²) in [5, 5.41) is 1.10. The molecule has 0 aliphatic rings. The molecule has 0 radical (unpaired) electrons. The molecule has 6 heteroatoms. The molecule has 0 aliphatic carbocycles. The van der Waals surface area contributed by atoms with Gasteiger partial charge in [-0.3, -0.25) is 9.36 Å². The van der Waals surface area contributed by atoms with Gasteiger partial charge in [0.05, 0.1) is 15.7 Å². The standard InChI is InChI=1S/C17H11BrCl2N2O/c1-10(23)15-9-22(16-7-6-11(18)8-14(16)20)17(21-15)12-4-2-3-5-13(12)19/h2-9H,1H3. The number of hydrogen-bond donors (Lipinski definition) is 0. The fraction of sp³-hybridized carbons (Fsp3) is 0.0588. The summed E-state index contributed by atoms with van der Waals surface area (Å²) in [4.78, 5) is 16.2. The number of imidazole rings is 1. The van der Waals surface area contributed by atoms with Crippen LogP contribution in [0.5, 0.6) is 0 Å². The van der Waals surface area contributed by atoms with Crippen LogP contribution < -0.4 is 0 Å². The first-order valence-corrected chi connectivity index (χ1v) is 8.33. The number of halogens is 3. The van der Waals surface area contributed by atoms with Crippen molar-refractivity contribution in [1.82, 2.24) is 9.55 Å². The Hall–Kier alpha value is -1.62. The molecular formula is C17H11BrCl2N2O. The molecule has 0 bridgehead atoms. The van der Waals surface area contributed by atoms with Crippen molar-refractivity contribution in [3.05, 3.63) is 68.9 Å². The van der Waals surface area contributed by atoms with Crippen LogP contribution in [0.4, 0.5) is 0 Å². The van der Waals surface area contributed by atoms with Gasteiger partial charge in [0.1, 0.15) is 11.5 Å². The highest BCUT2D eigenvalue weighted by molar-refractivity contribution is 9.10. The van der Waals surface area contributed by atoms with E-state index in [0.717, 1.165) is 15.7 Å². The highest BCUT2D eigenvalue weighted by atomic mass is 79.9. The minimum atomic E-state index is -0.120. The number of carbonyl (C=O) groups is 1. The summed E-state index contributed by atoms with van der Waals surface area (Å²) in [7, 11) is 0. The maximum Gasteiger partial charge on any atom is 0.179 e. The summed E-state index contributed by atoms with van der Waals surface area (Å²) < 4.78 is 2.66. The smallest absolute Gasteiger partial charge is 0.179 e. The van der Waals surface area contributed by atoms with Crippen LogP contribution in [0.3, 0.4) is 0 Å². The number of hydrogen-bond acceptors (Lipinski definition) is 2. The van der Waals surface area contributed by atoms with E-state index < -0.39 is 0 Å². The van der Waals surface area contributed by atoms with E-state index in [-0.39, 0.29) is 5.78 Å². The largest absolute Gasteiger partial charge is 0.297 e. The van der Waals surface area contributed by atoms with Crippen molar-refractivity contribution >= 4 is 44.9 Å². The summed E-state index contributed by atoms with van der Waals surface area (Å²) in [5.41, 5.74) is 1.82. The summed E-state index contributed by atoms with van der Waals surface area (Å²) >= 11 is 16.0. The highest BCUT2D eigenvalue weighted by Gasteiger charge is 2.17. The van der Waals surface area contributed by atoms with Crippen LogP contribution in [-0.2, 0) is 0 Å². The maximum atomic E-state index is 11.7. The van der Waals surface area contributed by atoms with Crippen LogP contribution in [-0.4, -0.2) is 15.3 Å². The van der Waals surface area contributed by atoms with Gasteiger partial charge in [0.15, 0.2) is 5.78 Å². The maximum absolute atomic E-state index is 11.7. The zero-order chi connectivity index (χ0) is 16.6. The molecule has 23 heavy (non-hydrogen) atoms. The van der Waals surface area contributed by atoms with Crippen LogP contribution in [0.1, 0.15) is 17.4 Å². The molecule has 0 atom stereocenters. The lowest BCUT2D eigenvalue weighted by molar-refractivity contribution is 0.101. The second-order valence-electron chi connectivity index (χ2n) is 4.95. The van der Waals surface area contributed by atoms with Crippen molar-refractivity contribution in [2.45, 2.75) is 6.92 Å². The first-order valence-electron chi connectivity index (χ1n) is 6.78. The number of nitrogens with zero attached hydrogens (tertiary/aromatic N) is 2. The summed E-state index contributed by atoms with van der Waals surface area (Å²) in [5.74, 6) is 0.454. The Morgan fingerprint density at radius 2 is 1.87 bits per heavy atom. The summed E-state index contributed by atoms with van der Waals surface area (Å²) in [6.07, 6.45) is 1.68. The zero-order valence-corrected chi connectivity index (χ0v) is 15.2. The molecule has 3 nitrogen and oxygen atoms in total. The van der Waals surface area contributed by atoms with Crippen molar-refractivity contribution in [3.63, 3.8) is 0 Å². The molecule has 0 aliphatic heterocycles. The quantitative estimate of drug-likeness (QED) is 0.511. The monoisotopic (exact) mass is 408 g/mol. The Kier molecular flexibility index (Phi) is 4.57. The minimum Gasteiger partial charge on any atom is -0.297 e. The molecule has 1 aromatic heterocycles. The van der Waals surface area contributed by atoms with E-state index >= 15 is 0 Å². The van der Waals surface area contributed by atoms with Crippen molar-refractivity contribution in [2.75, 3.05) is 0 Å². The SMILES string of the molecule is CC(=O)c1cn(-c2ccc(Br)cc2Cl)c(-c2ccccc2Cl)n1. The van der Waals surface area contributed by atoms with Gasteiger partial charge in [-0.2, -0.15) is 0 Å². The van der Waals surface area contributed by atoms with E-state index in [4.69, 9.17) is 23.2 Å². The third kappa shape index (κ3) is 3.20. The fourth-order valence-electron chi connectivity index (χ4n) is 2.24. The normalized spacial score (nSPS) is 10.8. The molecular weight excluding hydrogens is 399 g/mol. The fourth-order valence-corrected chi connectivity index (χ4v) is 3.23. The predicted molar refractivity (Wildman–Crippen MR) is 96.7 cm³/mol. The van der Waals surface area contributed by atoms with E-state index in [1.165, 1.54) is 6.92 Å². The second-order valence-corrected chi connectivity index (χ2v) is 6.68. The van der Waals surface area contributed by atoms with Crippen molar-refractivity contribution in [2.24, 2.45) is 0 Å². The number of benzene rings is 2. The Balaban J connectivity index is 2.28. The Bertz CT molecular complexity index is 905. The highest BCUT2D eigenvalue weighted by Crippen LogP contribution is 2.32. The van der Waals surface area contributed by atoms with Crippen LogP contribution in [0.2, 0.25) is 10.0 Å². The molecule has 1 heterocycles. The van der Waals surface area contributed by atoms with Gasteiger partial charge in [0, 0.05) is 23.2 Å². The lowest BCUT2D eigenvalue weighted by Crippen LogP contribution is -1.97. The summed E-state index contributed by atoms with van der Waals surface area (Å²) in [6.45, 7) is 1.48. The molecule has 2 aromatic carbocycles. The third-order valence-electron chi connectivity index (χ3n) is 3.35. The summed E-state index contributed by atoms with van der Waals surface area (Å²) in [6, 6.07) is 12.9. The molecule has 0 saturated carbocycles. The van der Waals surface area contributed by atoms with Gasteiger partial charge >= 0.3 is 0 Å². The average Bonchev–Trinajstić information content (AvgIpc) is 2.92. The number of Topliss-reactive ketones (excluding diaryl/α,β-unsaturated/α-hetero) is 1. The van der Waals surface area contributed by atoms with E-state index in [2.05, 4.69) is 20.9 Å². The zero-order valence-electron chi connectivity index (χ0n) is 12.1. The molecule has 0 saturated heterocycles. The number of rotatable bonds is 3. The number of aromatic nitrogens is 2. The predicted octanol–water partition coefficient (Wildman–Crippen LogP) is 5.81.